The number of hydrogen-bond donors (Lipinski definition) is 1. The first-order chi connectivity index (χ1) is 5.60. The molecule has 3 heteroatoms. The van der Waals surface area contributed by atoms with Gasteiger partial charge in [0.15, 0.2) is 6.23 Å². The smallest absolute Gasteiger partial charge is 0.331 e. The Kier molecular flexibility index (Phi) is 5.37. The molecule has 2 atom stereocenters. The maximum atomic E-state index is 10.7. The molecule has 0 amide bonds. The van der Waals surface area contributed by atoms with E-state index in [4.69, 9.17) is 4.74 Å². The van der Waals surface area contributed by atoms with E-state index in [9.17, 15) is 4.79 Å². The molecule has 0 heterocycles. The van der Waals surface area contributed by atoms with Gasteiger partial charge in [0.25, 0.3) is 0 Å². The third kappa shape index (κ3) is 4.91. The average Bonchev–Trinajstić information content (AvgIpc) is 2.03. The Morgan fingerprint density at radius 1 is 1.67 bits per heavy atom. The topological polar surface area (TPSA) is 38.3 Å². The van der Waals surface area contributed by atoms with Crippen LogP contribution in [0.4, 0.5) is 0 Å². The van der Waals surface area contributed by atoms with Gasteiger partial charge in [-0.05, 0) is 20.3 Å². The second kappa shape index (κ2) is 5.77. The van der Waals surface area contributed by atoms with E-state index in [0.717, 1.165) is 12.5 Å². The molecule has 12 heavy (non-hydrogen) atoms. The van der Waals surface area contributed by atoms with E-state index in [1.807, 2.05) is 6.92 Å². The third-order valence-corrected chi connectivity index (χ3v) is 1.59. The largest absolute Gasteiger partial charge is 0.444 e. The Labute approximate surface area is 73.8 Å². The van der Waals surface area contributed by atoms with Gasteiger partial charge in [-0.15, -0.1) is 0 Å². The van der Waals surface area contributed by atoms with Crippen LogP contribution in [-0.4, -0.2) is 18.2 Å². The molecule has 0 aliphatic rings. The maximum Gasteiger partial charge on any atom is 0.331 e. The summed E-state index contributed by atoms with van der Waals surface area (Å²) in [5.41, 5.74) is 0. The number of esters is 1. The van der Waals surface area contributed by atoms with Crippen molar-refractivity contribution < 1.29 is 9.53 Å². The van der Waals surface area contributed by atoms with E-state index in [-0.39, 0.29) is 6.23 Å². The van der Waals surface area contributed by atoms with Crippen molar-refractivity contribution in [2.24, 2.45) is 0 Å². The predicted molar refractivity (Wildman–Crippen MR) is 48.6 cm³/mol. The predicted octanol–water partition coefficient (Wildman–Crippen LogP) is 1.45. The molecule has 0 aliphatic carbocycles. The van der Waals surface area contributed by atoms with Gasteiger partial charge < -0.3 is 4.74 Å². The fraction of sp³-hybridized carbons (Fsp3) is 0.667. The van der Waals surface area contributed by atoms with Gasteiger partial charge in [0, 0.05) is 12.1 Å². The summed E-state index contributed by atoms with van der Waals surface area (Å²) in [6.45, 7) is 9.22. The number of carbonyl (C=O) groups excluding carboxylic acids is 1. The summed E-state index contributed by atoms with van der Waals surface area (Å²) >= 11 is 0. The van der Waals surface area contributed by atoms with Crippen molar-refractivity contribution in [1.82, 2.24) is 5.32 Å². The highest BCUT2D eigenvalue weighted by Crippen LogP contribution is 1.94. The van der Waals surface area contributed by atoms with Crippen LogP contribution in [0, 0.1) is 0 Å². The summed E-state index contributed by atoms with van der Waals surface area (Å²) in [5, 5.41) is 3.10. The molecule has 0 rings (SSSR count). The number of hydrogen-bond acceptors (Lipinski definition) is 3. The Morgan fingerprint density at radius 2 is 2.25 bits per heavy atom. The normalized spacial score (nSPS) is 14.9. The minimum absolute atomic E-state index is 0.245. The first-order valence-corrected chi connectivity index (χ1v) is 4.19. The monoisotopic (exact) mass is 171 g/mol. The fourth-order valence-corrected chi connectivity index (χ4v) is 0.775. The van der Waals surface area contributed by atoms with E-state index in [0.29, 0.717) is 6.04 Å². The van der Waals surface area contributed by atoms with Crippen molar-refractivity contribution in [3.63, 3.8) is 0 Å². The van der Waals surface area contributed by atoms with Crippen LogP contribution in [0.15, 0.2) is 12.7 Å². The fourth-order valence-electron chi connectivity index (χ4n) is 0.775. The van der Waals surface area contributed by atoms with Gasteiger partial charge in [0.1, 0.15) is 0 Å². The van der Waals surface area contributed by atoms with Crippen molar-refractivity contribution in [3.8, 4) is 0 Å². The Balaban J connectivity index is 3.65. The molecule has 2 unspecified atom stereocenters. The minimum Gasteiger partial charge on any atom is -0.444 e. The van der Waals surface area contributed by atoms with Crippen molar-refractivity contribution in [1.29, 1.82) is 0 Å². The summed E-state index contributed by atoms with van der Waals surface area (Å²) in [7, 11) is 0. The van der Waals surface area contributed by atoms with Crippen LogP contribution in [0.25, 0.3) is 0 Å². The van der Waals surface area contributed by atoms with Crippen LogP contribution in [-0.2, 0) is 9.53 Å². The molecule has 0 spiro atoms. The summed E-state index contributed by atoms with van der Waals surface area (Å²) in [4.78, 5) is 10.7. The van der Waals surface area contributed by atoms with Crippen LogP contribution >= 0.6 is 0 Å². The Hall–Kier alpha value is -0.830. The SMILES string of the molecule is C=CC(=O)OC(C)NC(C)CC. The quantitative estimate of drug-likeness (QED) is 0.386. The van der Waals surface area contributed by atoms with E-state index < -0.39 is 5.97 Å². The number of carbonyl (C=O) groups is 1. The van der Waals surface area contributed by atoms with Gasteiger partial charge in [-0.1, -0.05) is 13.5 Å². The lowest BCUT2D eigenvalue weighted by atomic mass is 10.2. The van der Waals surface area contributed by atoms with Crippen molar-refractivity contribution in [2.75, 3.05) is 0 Å². The standard InChI is InChI=1S/C9H17NO2/c1-5-7(3)10-8(4)12-9(11)6-2/h6-8,10H,2,5H2,1,3-4H3. The number of ether oxygens (including phenoxy) is 1. The zero-order valence-electron chi connectivity index (χ0n) is 7.96. The Morgan fingerprint density at radius 3 is 2.67 bits per heavy atom. The molecule has 0 fully saturated rings. The molecular weight excluding hydrogens is 154 g/mol. The number of rotatable bonds is 5. The molecule has 0 aromatic heterocycles. The molecule has 0 saturated carbocycles. The van der Waals surface area contributed by atoms with E-state index in [1.54, 1.807) is 6.92 Å². The van der Waals surface area contributed by atoms with Gasteiger partial charge in [-0.3, -0.25) is 5.32 Å². The molecule has 1 N–H and O–H groups in total. The average molecular weight is 171 g/mol. The highest BCUT2D eigenvalue weighted by molar-refractivity contribution is 5.81. The number of nitrogens with one attached hydrogen (secondary N) is 1. The van der Waals surface area contributed by atoms with Crippen molar-refractivity contribution >= 4 is 5.97 Å². The molecule has 0 aromatic rings. The van der Waals surface area contributed by atoms with E-state index in [2.05, 4.69) is 18.8 Å². The first-order valence-electron chi connectivity index (χ1n) is 4.19. The van der Waals surface area contributed by atoms with Crippen LogP contribution in [0.5, 0.6) is 0 Å². The Bertz CT molecular complexity index is 157. The van der Waals surface area contributed by atoms with Crippen LogP contribution in [0.3, 0.4) is 0 Å². The van der Waals surface area contributed by atoms with Crippen LogP contribution in [0.1, 0.15) is 27.2 Å². The summed E-state index contributed by atoms with van der Waals surface area (Å²) < 4.78 is 4.90. The van der Waals surface area contributed by atoms with E-state index in [1.165, 1.54) is 0 Å². The molecule has 0 aromatic carbocycles. The van der Waals surface area contributed by atoms with Crippen molar-refractivity contribution in [2.45, 2.75) is 39.5 Å². The first kappa shape index (κ1) is 11.2. The van der Waals surface area contributed by atoms with E-state index >= 15 is 0 Å². The molecular formula is C9H17NO2. The lowest BCUT2D eigenvalue weighted by molar-refractivity contribution is -0.143. The zero-order valence-corrected chi connectivity index (χ0v) is 7.96. The zero-order chi connectivity index (χ0) is 9.56. The summed E-state index contributed by atoms with van der Waals surface area (Å²) in [5.74, 6) is -0.390. The second-order valence-electron chi connectivity index (χ2n) is 2.76. The highest BCUT2D eigenvalue weighted by Gasteiger charge is 2.07. The highest BCUT2D eigenvalue weighted by atomic mass is 16.6. The molecule has 0 bridgehead atoms. The van der Waals surface area contributed by atoms with Gasteiger partial charge in [0.05, 0.1) is 0 Å². The molecule has 0 aliphatic heterocycles. The third-order valence-electron chi connectivity index (χ3n) is 1.59. The molecule has 70 valence electrons. The van der Waals surface area contributed by atoms with Crippen LogP contribution < -0.4 is 5.32 Å². The molecule has 0 saturated heterocycles. The lowest BCUT2D eigenvalue weighted by Gasteiger charge is -2.18. The lowest BCUT2D eigenvalue weighted by Crippen LogP contribution is -2.36. The molecule has 3 nitrogen and oxygen atoms in total. The maximum absolute atomic E-state index is 10.7. The second-order valence-corrected chi connectivity index (χ2v) is 2.76. The summed E-state index contributed by atoms with van der Waals surface area (Å²) in [6, 6.07) is 0.359. The summed E-state index contributed by atoms with van der Waals surface area (Å²) in [6.07, 6.45) is 1.93. The minimum atomic E-state index is -0.390. The van der Waals surface area contributed by atoms with Gasteiger partial charge >= 0.3 is 5.97 Å². The van der Waals surface area contributed by atoms with Crippen LogP contribution in [0.2, 0.25) is 0 Å². The molecule has 0 radical (unpaired) electrons. The van der Waals surface area contributed by atoms with Gasteiger partial charge in [-0.2, -0.15) is 0 Å². The van der Waals surface area contributed by atoms with Crippen molar-refractivity contribution in [3.05, 3.63) is 12.7 Å². The van der Waals surface area contributed by atoms with Gasteiger partial charge in [-0.25, -0.2) is 4.79 Å². The van der Waals surface area contributed by atoms with Gasteiger partial charge in [0.2, 0.25) is 0 Å².